The minimum Gasteiger partial charge on any atom is -0.398 e. The molecule has 120 valence electrons. The van der Waals surface area contributed by atoms with Gasteiger partial charge in [0.2, 0.25) is 0 Å². The predicted octanol–water partition coefficient (Wildman–Crippen LogP) is 2.93. The molecule has 0 radical (unpaired) electrons. The maximum Gasteiger partial charge on any atom is 0.320 e. The van der Waals surface area contributed by atoms with Crippen molar-refractivity contribution in [3.63, 3.8) is 0 Å². The molecule has 1 aromatic heterocycles. The largest absolute Gasteiger partial charge is 0.398 e. The van der Waals surface area contributed by atoms with Crippen molar-refractivity contribution in [3.8, 4) is 0 Å². The quantitative estimate of drug-likeness (QED) is 0.784. The smallest absolute Gasteiger partial charge is 0.320 e. The summed E-state index contributed by atoms with van der Waals surface area (Å²) in [7, 11) is 0. The Labute approximate surface area is 135 Å². The molecule has 2 aliphatic rings. The number of anilines is 2. The van der Waals surface area contributed by atoms with E-state index in [9.17, 15) is 4.79 Å². The van der Waals surface area contributed by atoms with Gasteiger partial charge in [0.25, 0.3) is 0 Å². The first kappa shape index (κ1) is 15.3. The molecule has 23 heavy (non-hydrogen) atoms. The molecular formula is C17H21N5O. The Morgan fingerprint density at radius 1 is 1.43 bits per heavy atom. The lowest BCUT2D eigenvalue weighted by Gasteiger charge is -2.26. The van der Waals surface area contributed by atoms with Gasteiger partial charge in [-0.1, -0.05) is 11.6 Å². The van der Waals surface area contributed by atoms with Gasteiger partial charge in [0.1, 0.15) is 5.82 Å². The number of aromatic nitrogens is 1. The number of carbonyl (C=O) groups excluding carboxylic acids is 1. The molecule has 0 saturated carbocycles. The van der Waals surface area contributed by atoms with E-state index in [2.05, 4.69) is 26.7 Å². The summed E-state index contributed by atoms with van der Waals surface area (Å²) in [6.07, 6.45) is 11.4. The van der Waals surface area contributed by atoms with Crippen LogP contribution in [0.1, 0.15) is 31.2 Å². The molecule has 1 atom stereocenters. The number of aryl methyl sites for hydroxylation is 1. The number of pyridine rings is 1. The first-order valence-corrected chi connectivity index (χ1v) is 7.83. The van der Waals surface area contributed by atoms with Crippen LogP contribution in [0.2, 0.25) is 0 Å². The van der Waals surface area contributed by atoms with E-state index < -0.39 is 0 Å². The fourth-order valence-corrected chi connectivity index (χ4v) is 2.91. The lowest BCUT2D eigenvalue weighted by molar-refractivity contribution is 0.249. The van der Waals surface area contributed by atoms with Gasteiger partial charge in [-0.05, 0) is 43.7 Å². The van der Waals surface area contributed by atoms with Crippen LogP contribution in [0.4, 0.5) is 16.3 Å². The highest BCUT2D eigenvalue weighted by Crippen LogP contribution is 2.28. The zero-order valence-electron chi connectivity index (χ0n) is 13.2. The fraction of sp³-hybridized carbons (Fsp3) is 0.353. The van der Waals surface area contributed by atoms with Gasteiger partial charge in [0.15, 0.2) is 0 Å². The highest BCUT2D eigenvalue weighted by molar-refractivity contribution is 5.91. The van der Waals surface area contributed by atoms with Crippen molar-refractivity contribution < 1.29 is 4.79 Å². The summed E-state index contributed by atoms with van der Waals surface area (Å²) >= 11 is 0. The van der Waals surface area contributed by atoms with Gasteiger partial charge < -0.3 is 11.1 Å². The molecule has 0 saturated heterocycles. The summed E-state index contributed by atoms with van der Waals surface area (Å²) in [5.74, 6) is 0.451. The van der Waals surface area contributed by atoms with Crippen LogP contribution < -0.4 is 16.4 Å². The second kappa shape index (κ2) is 6.64. The van der Waals surface area contributed by atoms with Gasteiger partial charge in [-0.3, -0.25) is 10.3 Å². The fourth-order valence-electron chi connectivity index (χ4n) is 2.91. The normalized spacial score (nSPS) is 20.0. The Balaban J connectivity index is 1.68. The van der Waals surface area contributed by atoms with E-state index in [1.807, 2.05) is 19.3 Å². The Kier molecular flexibility index (Phi) is 4.41. The van der Waals surface area contributed by atoms with Gasteiger partial charge in [-0.2, -0.15) is 0 Å². The Bertz CT molecular complexity index is 705. The molecule has 6 nitrogen and oxygen atoms in total. The van der Waals surface area contributed by atoms with Crippen LogP contribution in [0.5, 0.6) is 0 Å². The average molecular weight is 311 g/mol. The monoisotopic (exact) mass is 311 g/mol. The first-order valence-electron chi connectivity index (χ1n) is 7.83. The van der Waals surface area contributed by atoms with Crippen LogP contribution in [-0.4, -0.2) is 23.3 Å². The number of allylic oxidation sites excluding steroid dienone is 2. The number of carbonyl (C=O) groups is 1. The topological polar surface area (TPSA) is 92.4 Å². The summed E-state index contributed by atoms with van der Waals surface area (Å²) in [5.41, 5.74) is 9.83. The molecule has 1 aromatic rings. The van der Waals surface area contributed by atoms with Crippen LogP contribution in [0, 0.1) is 6.92 Å². The van der Waals surface area contributed by atoms with Crippen LogP contribution in [0.15, 0.2) is 40.7 Å². The first-order chi connectivity index (χ1) is 11.1. The van der Waals surface area contributed by atoms with Crippen molar-refractivity contribution in [2.45, 2.75) is 38.6 Å². The van der Waals surface area contributed by atoms with Gasteiger partial charge in [-0.25, -0.2) is 9.78 Å². The van der Waals surface area contributed by atoms with Crippen molar-refractivity contribution in [2.24, 2.45) is 4.99 Å². The highest BCUT2D eigenvalue weighted by Gasteiger charge is 2.23. The Morgan fingerprint density at radius 2 is 2.30 bits per heavy atom. The third-order valence-corrected chi connectivity index (χ3v) is 4.22. The summed E-state index contributed by atoms with van der Waals surface area (Å²) < 4.78 is 0. The second-order valence-electron chi connectivity index (χ2n) is 5.90. The number of urea groups is 1. The van der Waals surface area contributed by atoms with Crippen LogP contribution >= 0.6 is 0 Å². The van der Waals surface area contributed by atoms with Crippen molar-refractivity contribution in [3.05, 3.63) is 41.2 Å². The minimum atomic E-state index is -0.273. The number of aliphatic imine (C=N–C) groups is 1. The molecule has 0 fully saturated rings. The molecular weight excluding hydrogens is 290 g/mol. The zero-order valence-corrected chi connectivity index (χ0v) is 13.2. The van der Waals surface area contributed by atoms with Gasteiger partial charge in [-0.15, -0.1) is 0 Å². The number of rotatable bonds is 2. The van der Waals surface area contributed by atoms with Gasteiger partial charge >= 0.3 is 6.03 Å². The number of amides is 2. The SMILES string of the molecule is Cc1cnc(NC(=O)NC2CCCC3=C2C=NC=CC3)cc1N. The third-order valence-electron chi connectivity index (χ3n) is 4.22. The maximum atomic E-state index is 12.3. The molecule has 1 aliphatic heterocycles. The average Bonchev–Trinajstić information content (AvgIpc) is 2.77. The number of hydrogen-bond acceptors (Lipinski definition) is 4. The zero-order chi connectivity index (χ0) is 16.2. The number of hydrogen-bond donors (Lipinski definition) is 3. The number of nitrogens with one attached hydrogen (secondary N) is 2. The van der Waals surface area contributed by atoms with Gasteiger partial charge in [0, 0.05) is 30.4 Å². The summed E-state index contributed by atoms with van der Waals surface area (Å²) in [6.45, 7) is 1.88. The van der Waals surface area contributed by atoms with Crippen LogP contribution in [0.3, 0.4) is 0 Å². The van der Waals surface area contributed by atoms with Gasteiger partial charge in [0.05, 0.1) is 6.04 Å². The lowest BCUT2D eigenvalue weighted by atomic mass is 9.87. The Morgan fingerprint density at radius 3 is 3.13 bits per heavy atom. The second-order valence-corrected chi connectivity index (χ2v) is 5.90. The number of nitrogens with two attached hydrogens (primary N) is 1. The van der Waals surface area contributed by atoms with E-state index in [0.29, 0.717) is 11.5 Å². The molecule has 0 spiro atoms. The van der Waals surface area contributed by atoms with E-state index in [1.54, 1.807) is 12.3 Å². The number of nitrogen functional groups attached to an aromatic ring is 1. The van der Waals surface area contributed by atoms with E-state index in [1.165, 1.54) is 5.57 Å². The molecule has 1 unspecified atom stereocenters. The molecule has 0 bridgehead atoms. The third kappa shape index (κ3) is 3.59. The van der Waals surface area contributed by atoms with Crippen molar-refractivity contribution in [2.75, 3.05) is 11.1 Å². The Hall–Kier alpha value is -2.63. The molecule has 4 N–H and O–H groups in total. The highest BCUT2D eigenvalue weighted by atomic mass is 16.2. The summed E-state index contributed by atoms with van der Waals surface area (Å²) in [6, 6.07) is 1.38. The van der Waals surface area contributed by atoms with Crippen molar-refractivity contribution in [1.82, 2.24) is 10.3 Å². The van der Waals surface area contributed by atoms with E-state index >= 15 is 0 Å². The lowest BCUT2D eigenvalue weighted by Crippen LogP contribution is -2.41. The number of nitrogens with zero attached hydrogens (tertiary/aromatic N) is 2. The maximum absolute atomic E-state index is 12.3. The molecule has 2 heterocycles. The van der Waals surface area contributed by atoms with Crippen molar-refractivity contribution >= 4 is 23.8 Å². The van der Waals surface area contributed by atoms with E-state index in [-0.39, 0.29) is 12.1 Å². The van der Waals surface area contributed by atoms with Crippen molar-refractivity contribution in [1.29, 1.82) is 0 Å². The van der Waals surface area contributed by atoms with E-state index in [4.69, 9.17) is 5.73 Å². The predicted molar refractivity (Wildman–Crippen MR) is 92.5 cm³/mol. The molecule has 3 rings (SSSR count). The minimum absolute atomic E-state index is 0.00908. The molecule has 0 aromatic carbocycles. The van der Waals surface area contributed by atoms with Crippen LogP contribution in [0.25, 0.3) is 0 Å². The molecule has 2 amide bonds. The summed E-state index contributed by atoms with van der Waals surface area (Å²) in [5, 5.41) is 5.77. The summed E-state index contributed by atoms with van der Waals surface area (Å²) in [4.78, 5) is 20.7. The standard InChI is InChI=1S/C17H21N5O/c1-11-9-20-16(8-14(11)18)22-17(23)21-15-6-2-4-12-5-3-7-19-10-13(12)15/h3,7-10,15H,2,4-6H2,1H3,(H4,18,20,21,22,23). The van der Waals surface area contributed by atoms with Crippen LogP contribution in [-0.2, 0) is 0 Å². The molecule has 6 heteroatoms. The van der Waals surface area contributed by atoms with E-state index in [0.717, 1.165) is 36.8 Å². The molecule has 1 aliphatic carbocycles.